The Morgan fingerprint density at radius 2 is 2.00 bits per heavy atom. The Kier molecular flexibility index (Phi) is 7.17. The first kappa shape index (κ1) is 26.2. The zero-order valence-electron chi connectivity index (χ0n) is 21.6. The fourth-order valence-corrected chi connectivity index (χ4v) is 4.90. The molecule has 1 amide bonds. The number of halogens is 3. The molecule has 3 aromatic rings. The van der Waals surface area contributed by atoms with Crippen molar-refractivity contribution in [3.8, 4) is 28.4 Å². The summed E-state index contributed by atoms with van der Waals surface area (Å²) in [5.41, 5.74) is 1.72. The second-order valence-electron chi connectivity index (χ2n) is 10.6. The van der Waals surface area contributed by atoms with Crippen LogP contribution >= 0.6 is 0 Å². The van der Waals surface area contributed by atoms with Crippen LogP contribution in [0.15, 0.2) is 41.0 Å². The molecule has 2 fully saturated rings. The molecule has 7 nitrogen and oxygen atoms in total. The summed E-state index contributed by atoms with van der Waals surface area (Å²) in [6.07, 6.45) is 1.70. The molecule has 1 saturated heterocycles. The maximum Gasteiger partial charge on any atom is 0.387 e. The molecule has 0 unspecified atom stereocenters. The molecule has 1 saturated carbocycles. The van der Waals surface area contributed by atoms with Gasteiger partial charge in [0.25, 0.3) is 5.91 Å². The second-order valence-corrected chi connectivity index (χ2v) is 10.6. The monoisotopic (exact) mass is 532 g/mol. The molecule has 1 aliphatic heterocycles. The van der Waals surface area contributed by atoms with E-state index in [1.165, 1.54) is 25.9 Å². The van der Waals surface area contributed by atoms with Crippen molar-refractivity contribution in [3.05, 3.63) is 42.2 Å². The molecule has 2 atom stereocenters. The fourth-order valence-electron chi connectivity index (χ4n) is 4.90. The Morgan fingerprint density at radius 1 is 1.24 bits per heavy atom. The standard InChI is InChI=1S/C28H31F3N2O5/c1-28(2)6-7-33(15-28)8-9-36-17-4-5-18-19(14-37-22(18)12-17)16-10-23(35-3)25(24(11-16)38-27(30)31)26(34)32-21-13-20(21)29/h4-5,10-12,14,20-21,27H,6-9,13,15H2,1-3H3,(H,32,34)/t20-,21+/m0/s1. The number of carbonyl (C=O) groups is 1. The lowest BCUT2D eigenvalue weighted by molar-refractivity contribution is -0.0502. The van der Waals surface area contributed by atoms with E-state index in [1.807, 2.05) is 12.1 Å². The number of methoxy groups -OCH3 is 1. The first-order valence-electron chi connectivity index (χ1n) is 12.6. The molecular formula is C28H31F3N2O5. The van der Waals surface area contributed by atoms with Gasteiger partial charge >= 0.3 is 6.61 Å². The van der Waals surface area contributed by atoms with Crippen LogP contribution in [0.3, 0.4) is 0 Å². The number of hydrogen-bond acceptors (Lipinski definition) is 6. The van der Waals surface area contributed by atoms with E-state index in [0.717, 1.165) is 25.0 Å². The van der Waals surface area contributed by atoms with Crippen molar-refractivity contribution in [2.75, 3.05) is 33.4 Å². The van der Waals surface area contributed by atoms with Gasteiger partial charge in [0.15, 0.2) is 0 Å². The number of likely N-dealkylation sites (tertiary alicyclic amines) is 1. The number of benzene rings is 2. The van der Waals surface area contributed by atoms with Gasteiger partial charge in [0.2, 0.25) is 0 Å². The van der Waals surface area contributed by atoms with Gasteiger partial charge in [-0.2, -0.15) is 8.78 Å². The molecule has 204 valence electrons. The van der Waals surface area contributed by atoms with E-state index in [0.29, 0.717) is 34.5 Å². The second kappa shape index (κ2) is 10.4. The van der Waals surface area contributed by atoms with Crippen molar-refractivity contribution < 1.29 is 36.6 Å². The maximum absolute atomic E-state index is 13.3. The summed E-state index contributed by atoms with van der Waals surface area (Å²) in [6, 6.07) is 7.66. The van der Waals surface area contributed by atoms with Crippen LogP contribution in [0.1, 0.15) is 37.0 Å². The lowest BCUT2D eigenvalue weighted by Gasteiger charge is -2.19. The van der Waals surface area contributed by atoms with Gasteiger partial charge in [-0.1, -0.05) is 13.8 Å². The highest BCUT2D eigenvalue weighted by Crippen LogP contribution is 2.40. The highest BCUT2D eigenvalue weighted by Gasteiger charge is 2.40. The van der Waals surface area contributed by atoms with Crippen LogP contribution < -0.4 is 19.5 Å². The zero-order chi connectivity index (χ0) is 27.0. The minimum Gasteiger partial charge on any atom is -0.496 e. The van der Waals surface area contributed by atoms with Gasteiger partial charge in [0, 0.05) is 36.5 Å². The molecule has 2 heterocycles. The molecule has 5 rings (SSSR count). The number of hydrogen-bond donors (Lipinski definition) is 1. The molecule has 0 spiro atoms. The number of ether oxygens (including phenoxy) is 3. The van der Waals surface area contributed by atoms with Crippen molar-refractivity contribution in [2.45, 2.75) is 45.5 Å². The molecule has 0 bridgehead atoms. The van der Waals surface area contributed by atoms with Crippen LogP contribution in [-0.2, 0) is 0 Å². The average molecular weight is 533 g/mol. The van der Waals surface area contributed by atoms with Crippen molar-refractivity contribution in [2.24, 2.45) is 5.41 Å². The summed E-state index contributed by atoms with van der Waals surface area (Å²) in [6.45, 7) is 4.86. The van der Waals surface area contributed by atoms with Gasteiger partial charge in [-0.3, -0.25) is 9.69 Å². The third-order valence-electron chi connectivity index (χ3n) is 7.05. The third kappa shape index (κ3) is 5.70. The van der Waals surface area contributed by atoms with Crippen LogP contribution in [0.25, 0.3) is 22.1 Å². The molecule has 0 radical (unpaired) electrons. The SMILES string of the molecule is COc1cc(-c2coc3cc(OCCN4CCC(C)(C)C4)ccc23)cc(OC(F)F)c1C(=O)N[C@@H]1C[C@@H]1F. The van der Waals surface area contributed by atoms with E-state index in [4.69, 9.17) is 13.9 Å². The number of nitrogens with one attached hydrogen (secondary N) is 1. The van der Waals surface area contributed by atoms with E-state index >= 15 is 0 Å². The van der Waals surface area contributed by atoms with E-state index < -0.39 is 24.7 Å². The predicted octanol–water partition coefficient (Wildman–Crippen LogP) is 5.66. The predicted molar refractivity (Wildman–Crippen MR) is 136 cm³/mol. The van der Waals surface area contributed by atoms with Crippen LogP contribution in [-0.4, -0.2) is 63.0 Å². The van der Waals surface area contributed by atoms with E-state index in [2.05, 4.69) is 28.8 Å². The van der Waals surface area contributed by atoms with E-state index in [1.54, 1.807) is 12.1 Å². The molecule has 1 aliphatic carbocycles. The first-order chi connectivity index (χ1) is 18.1. The Morgan fingerprint density at radius 3 is 2.66 bits per heavy atom. The number of rotatable bonds is 10. The number of nitrogens with zero attached hydrogens (tertiary/aromatic N) is 1. The summed E-state index contributed by atoms with van der Waals surface area (Å²) < 4.78 is 61.6. The summed E-state index contributed by atoms with van der Waals surface area (Å²) in [4.78, 5) is 15.1. The van der Waals surface area contributed by atoms with Gasteiger partial charge in [0.05, 0.1) is 19.4 Å². The number of fused-ring (bicyclic) bond motifs is 1. The van der Waals surface area contributed by atoms with Gasteiger partial charge in [-0.15, -0.1) is 0 Å². The minimum absolute atomic E-state index is 0.0195. The maximum atomic E-state index is 13.3. The van der Waals surface area contributed by atoms with Crippen molar-refractivity contribution in [1.29, 1.82) is 0 Å². The summed E-state index contributed by atoms with van der Waals surface area (Å²) in [5, 5.41) is 3.20. The fraction of sp³-hybridized carbons (Fsp3) is 0.464. The highest BCUT2D eigenvalue weighted by molar-refractivity contribution is 6.02. The van der Waals surface area contributed by atoms with Gasteiger partial charge < -0.3 is 23.9 Å². The summed E-state index contributed by atoms with van der Waals surface area (Å²) >= 11 is 0. The molecule has 38 heavy (non-hydrogen) atoms. The molecular weight excluding hydrogens is 501 g/mol. The molecule has 1 N–H and O–H groups in total. The molecule has 1 aromatic heterocycles. The van der Waals surface area contributed by atoms with Crippen LogP contribution in [0.4, 0.5) is 13.2 Å². The summed E-state index contributed by atoms with van der Waals surface area (Å²) in [7, 11) is 1.32. The van der Waals surface area contributed by atoms with Gasteiger partial charge in [-0.05, 0) is 48.2 Å². The van der Waals surface area contributed by atoms with Crippen molar-refractivity contribution in [1.82, 2.24) is 10.2 Å². The summed E-state index contributed by atoms with van der Waals surface area (Å²) in [5.74, 6) is -0.437. The first-order valence-corrected chi connectivity index (χ1v) is 12.6. The topological polar surface area (TPSA) is 73.2 Å². The van der Waals surface area contributed by atoms with Gasteiger partial charge in [0.1, 0.15) is 41.2 Å². The Bertz CT molecular complexity index is 1330. The quantitative estimate of drug-likeness (QED) is 0.363. The number of alkyl halides is 3. The van der Waals surface area contributed by atoms with Crippen LogP contribution in [0, 0.1) is 5.41 Å². The van der Waals surface area contributed by atoms with Crippen molar-refractivity contribution >= 4 is 16.9 Å². The number of carbonyl (C=O) groups excluding carboxylic acids is 1. The third-order valence-corrected chi connectivity index (χ3v) is 7.05. The molecule has 10 heteroatoms. The van der Waals surface area contributed by atoms with E-state index in [-0.39, 0.29) is 23.5 Å². The normalized spacial score (nSPS) is 20.6. The smallest absolute Gasteiger partial charge is 0.387 e. The lowest BCUT2D eigenvalue weighted by Crippen LogP contribution is -2.28. The highest BCUT2D eigenvalue weighted by atomic mass is 19.3. The number of furan rings is 1. The lowest BCUT2D eigenvalue weighted by atomic mass is 9.93. The Labute approximate surface area is 218 Å². The van der Waals surface area contributed by atoms with Gasteiger partial charge in [-0.25, -0.2) is 4.39 Å². The van der Waals surface area contributed by atoms with E-state index in [9.17, 15) is 18.0 Å². The largest absolute Gasteiger partial charge is 0.496 e. The minimum atomic E-state index is -3.18. The molecule has 2 aliphatic rings. The van der Waals surface area contributed by atoms with Crippen LogP contribution in [0.5, 0.6) is 17.2 Å². The molecule has 2 aromatic carbocycles. The Balaban J connectivity index is 1.37. The zero-order valence-corrected chi connectivity index (χ0v) is 21.6. The average Bonchev–Trinajstić information content (AvgIpc) is 3.23. The Hall–Kier alpha value is -3.40. The van der Waals surface area contributed by atoms with Crippen molar-refractivity contribution in [3.63, 3.8) is 0 Å². The van der Waals surface area contributed by atoms with Crippen LogP contribution in [0.2, 0.25) is 0 Å². The number of amides is 1.